The summed E-state index contributed by atoms with van der Waals surface area (Å²) < 4.78 is 0. The predicted molar refractivity (Wildman–Crippen MR) is 149 cm³/mol. The van der Waals surface area contributed by atoms with Crippen molar-refractivity contribution >= 4 is 0 Å². The average molecular weight is 463 g/mol. The summed E-state index contributed by atoms with van der Waals surface area (Å²) in [6.45, 7) is 23.9. The number of rotatable bonds is 5. The fourth-order valence-electron chi connectivity index (χ4n) is 9.96. The van der Waals surface area contributed by atoms with Crippen molar-refractivity contribution in [2.75, 3.05) is 0 Å². The van der Waals surface area contributed by atoms with Crippen LogP contribution in [0.5, 0.6) is 0 Å². The molecule has 12 atom stereocenters. The largest absolute Gasteiger partial charge is 0.0825 e. The molecule has 4 aliphatic carbocycles. The first kappa shape index (κ1) is 26.0. The van der Waals surface area contributed by atoms with Crippen molar-refractivity contribution in [3.8, 4) is 0 Å². The van der Waals surface area contributed by atoms with E-state index in [9.17, 15) is 0 Å². The highest BCUT2D eigenvalue weighted by atomic mass is 14.6. The molecule has 0 saturated heterocycles. The van der Waals surface area contributed by atoms with Crippen molar-refractivity contribution in [2.45, 2.75) is 94.9 Å². The SMILES string of the molecule is CC(C)=CC1CC(C=C(C)C)C2C1CC(C)C2C1C(C)CC2C(C=C(C)C)CC(C=C(C)C)C21. The van der Waals surface area contributed by atoms with Gasteiger partial charge >= 0.3 is 0 Å². The van der Waals surface area contributed by atoms with Gasteiger partial charge in [0.15, 0.2) is 0 Å². The third kappa shape index (κ3) is 4.95. The zero-order valence-electron chi connectivity index (χ0n) is 24.1. The van der Waals surface area contributed by atoms with Crippen LogP contribution < -0.4 is 0 Å². The maximum Gasteiger partial charge on any atom is -0.0191 e. The molecule has 190 valence electrons. The highest BCUT2D eigenvalue weighted by Gasteiger charge is 2.60. The second-order valence-electron chi connectivity index (χ2n) is 14.2. The highest BCUT2D eigenvalue weighted by molar-refractivity contribution is 5.19. The molecule has 0 heteroatoms. The van der Waals surface area contributed by atoms with E-state index in [-0.39, 0.29) is 0 Å². The van der Waals surface area contributed by atoms with Crippen molar-refractivity contribution in [1.29, 1.82) is 0 Å². The standard InChI is InChI=1S/C34H54/c1-19(2)11-25-17-27(13-21(5)6)33-29(25)15-23(9)31(33)32-24(10)16-30-26(12-20(3)4)18-28(34(30)32)14-22(7)8/h11-14,23-34H,15-18H2,1-10H3. The summed E-state index contributed by atoms with van der Waals surface area (Å²) in [7, 11) is 0. The van der Waals surface area contributed by atoms with E-state index in [1.807, 2.05) is 0 Å². The molecule has 4 aliphatic rings. The molecular formula is C34H54. The summed E-state index contributed by atoms with van der Waals surface area (Å²) in [5, 5.41) is 0. The van der Waals surface area contributed by atoms with Gasteiger partial charge in [-0.1, -0.05) is 60.4 Å². The Morgan fingerprint density at radius 3 is 1.00 bits per heavy atom. The Hall–Kier alpha value is -1.04. The van der Waals surface area contributed by atoms with Gasteiger partial charge in [-0.3, -0.25) is 0 Å². The second kappa shape index (κ2) is 10.1. The topological polar surface area (TPSA) is 0 Å². The lowest BCUT2D eigenvalue weighted by atomic mass is 9.66. The Morgan fingerprint density at radius 2 is 0.706 bits per heavy atom. The quantitative estimate of drug-likeness (QED) is 0.356. The lowest BCUT2D eigenvalue weighted by Gasteiger charge is -2.39. The van der Waals surface area contributed by atoms with Crippen LogP contribution >= 0.6 is 0 Å². The van der Waals surface area contributed by atoms with Crippen molar-refractivity contribution in [3.05, 3.63) is 46.6 Å². The van der Waals surface area contributed by atoms with Crippen molar-refractivity contribution in [3.63, 3.8) is 0 Å². The van der Waals surface area contributed by atoms with E-state index in [4.69, 9.17) is 0 Å². The molecule has 34 heavy (non-hydrogen) atoms. The number of fused-ring (bicyclic) bond motifs is 2. The van der Waals surface area contributed by atoms with E-state index < -0.39 is 0 Å². The van der Waals surface area contributed by atoms with E-state index in [2.05, 4.69) is 93.5 Å². The Morgan fingerprint density at radius 1 is 0.412 bits per heavy atom. The van der Waals surface area contributed by atoms with Crippen molar-refractivity contribution < 1.29 is 0 Å². The van der Waals surface area contributed by atoms with Gasteiger partial charge in [-0.25, -0.2) is 0 Å². The molecule has 4 fully saturated rings. The van der Waals surface area contributed by atoms with Crippen LogP contribution in [0.15, 0.2) is 46.6 Å². The van der Waals surface area contributed by atoms with E-state index in [0.717, 1.165) is 71.0 Å². The molecule has 4 rings (SSSR count). The molecule has 0 radical (unpaired) electrons. The molecule has 0 aromatic heterocycles. The first-order chi connectivity index (χ1) is 16.0. The first-order valence-corrected chi connectivity index (χ1v) is 14.6. The molecule has 0 aliphatic heterocycles. The van der Waals surface area contributed by atoms with Gasteiger partial charge in [-0.2, -0.15) is 0 Å². The van der Waals surface area contributed by atoms with Gasteiger partial charge < -0.3 is 0 Å². The molecule has 0 nitrogen and oxygen atoms in total. The van der Waals surface area contributed by atoms with E-state index in [1.54, 1.807) is 0 Å². The minimum absolute atomic E-state index is 0.786. The molecule has 4 saturated carbocycles. The van der Waals surface area contributed by atoms with Crippen LogP contribution in [0.2, 0.25) is 0 Å². The molecular weight excluding hydrogens is 408 g/mol. The third-order valence-electron chi connectivity index (χ3n) is 10.3. The summed E-state index contributed by atoms with van der Waals surface area (Å²) in [4.78, 5) is 0. The van der Waals surface area contributed by atoms with Crippen molar-refractivity contribution in [2.24, 2.45) is 71.0 Å². The van der Waals surface area contributed by atoms with Gasteiger partial charge in [-0.15, -0.1) is 0 Å². The summed E-state index contributed by atoms with van der Waals surface area (Å²) in [6, 6.07) is 0. The Bertz CT molecular complexity index is 776. The summed E-state index contributed by atoms with van der Waals surface area (Å²) >= 11 is 0. The van der Waals surface area contributed by atoms with Crippen LogP contribution in [-0.4, -0.2) is 0 Å². The van der Waals surface area contributed by atoms with E-state index in [1.165, 1.54) is 48.0 Å². The molecule has 0 heterocycles. The van der Waals surface area contributed by atoms with Gasteiger partial charge in [0.05, 0.1) is 0 Å². The molecule has 0 bridgehead atoms. The van der Waals surface area contributed by atoms with E-state index in [0.29, 0.717) is 0 Å². The smallest absolute Gasteiger partial charge is 0.0191 e. The van der Waals surface area contributed by atoms with Gasteiger partial charge in [0.25, 0.3) is 0 Å². The van der Waals surface area contributed by atoms with Gasteiger partial charge in [-0.05, 0) is 152 Å². The van der Waals surface area contributed by atoms with Crippen LogP contribution in [0, 0.1) is 71.0 Å². The van der Waals surface area contributed by atoms with Crippen molar-refractivity contribution in [1.82, 2.24) is 0 Å². The lowest BCUT2D eigenvalue weighted by molar-refractivity contribution is 0.101. The fourth-order valence-corrected chi connectivity index (χ4v) is 9.96. The average Bonchev–Trinajstić information content (AvgIpc) is 3.37. The molecule has 0 spiro atoms. The Labute approximate surface area is 212 Å². The zero-order valence-corrected chi connectivity index (χ0v) is 24.1. The highest BCUT2D eigenvalue weighted by Crippen LogP contribution is 2.66. The number of hydrogen-bond donors (Lipinski definition) is 0. The summed E-state index contributed by atoms with van der Waals surface area (Å²) in [6.07, 6.45) is 16.4. The van der Waals surface area contributed by atoms with Gasteiger partial charge in [0, 0.05) is 0 Å². The van der Waals surface area contributed by atoms with Crippen LogP contribution in [0.25, 0.3) is 0 Å². The Balaban J connectivity index is 1.73. The molecule has 0 N–H and O–H groups in total. The van der Waals surface area contributed by atoms with Crippen LogP contribution in [0.4, 0.5) is 0 Å². The number of allylic oxidation sites excluding steroid dienone is 8. The molecule has 0 aromatic carbocycles. The normalized spacial score (nSPS) is 44.9. The fraction of sp³-hybridized carbons (Fsp3) is 0.765. The van der Waals surface area contributed by atoms with Crippen LogP contribution in [0.3, 0.4) is 0 Å². The molecule has 12 unspecified atom stereocenters. The maximum absolute atomic E-state index is 2.69. The minimum atomic E-state index is 0.786. The van der Waals surface area contributed by atoms with Crippen LogP contribution in [-0.2, 0) is 0 Å². The first-order valence-electron chi connectivity index (χ1n) is 14.6. The van der Waals surface area contributed by atoms with Gasteiger partial charge in [0.1, 0.15) is 0 Å². The van der Waals surface area contributed by atoms with Gasteiger partial charge in [0.2, 0.25) is 0 Å². The molecule has 0 aromatic rings. The number of hydrogen-bond acceptors (Lipinski definition) is 0. The lowest BCUT2D eigenvalue weighted by Crippen LogP contribution is -2.34. The zero-order chi connectivity index (χ0) is 24.9. The second-order valence-corrected chi connectivity index (χ2v) is 14.2. The third-order valence-corrected chi connectivity index (χ3v) is 10.3. The van der Waals surface area contributed by atoms with E-state index >= 15 is 0 Å². The maximum atomic E-state index is 2.69. The molecule has 0 amide bonds. The minimum Gasteiger partial charge on any atom is -0.0825 e. The monoisotopic (exact) mass is 462 g/mol. The van der Waals surface area contributed by atoms with Crippen LogP contribution in [0.1, 0.15) is 94.9 Å². The predicted octanol–water partition coefficient (Wildman–Crippen LogP) is 9.90. The summed E-state index contributed by atoms with van der Waals surface area (Å²) in [5.41, 5.74) is 6.11. The summed E-state index contributed by atoms with van der Waals surface area (Å²) in [5.74, 6) is 10.3. The Kier molecular flexibility index (Phi) is 7.77.